The van der Waals surface area contributed by atoms with Crippen molar-refractivity contribution in [2.45, 2.75) is 50.0 Å². The van der Waals surface area contributed by atoms with Gasteiger partial charge in [-0.2, -0.15) is 13.2 Å². The smallest absolute Gasteiger partial charge is 0.390 e. The van der Waals surface area contributed by atoms with Gasteiger partial charge in [0.05, 0.1) is 28.8 Å². The lowest BCUT2D eigenvalue weighted by Gasteiger charge is -2.38. The van der Waals surface area contributed by atoms with E-state index in [1.165, 1.54) is 23.5 Å². The van der Waals surface area contributed by atoms with Crippen LogP contribution in [-0.4, -0.2) is 80.6 Å². The third kappa shape index (κ3) is 7.76. The largest absolute Gasteiger partial charge is 0.489 e. The Kier molecular flexibility index (Phi) is 8.77. The Labute approximate surface area is 224 Å². The van der Waals surface area contributed by atoms with Gasteiger partial charge in [-0.1, -0.05) is 6.08 Å². The number of nitrogens with zero attached hydrogens (tertiary/aromatic N) is 4. The van der Waals surface area contributed by atoms with Crippen LogP contribution in [0.5, 0.6) is 5.75 Å². The molecule has 2 aliphatic heterocycles. The van der Waals surface area contributed by atoms with Crippen LogP contribution in [0.3, 0.4) is 0 Å². The van der Waals surface area contributed by atoms with Crippen molar-refractivity contribution in [3.63, 3.8) is 0 Å². The number of allylic oxidation sites excluding steroid dienone is 1. The highest BCUT2D eigenvalue weighted by molar-refractivity contribution is 7.89. The number of nitrogens with two attached hydrogens (primary N) is 1. The molecule has 0 saturated carbocycles. The predicted octanol–water partition coefficient (Wildman–Crippen LogP) is 4.08. The average Bonchev–Trinajstić information content (AvgIpc) is 3.31. The number of hydrogen-bond donors (Lipinski definition) is 2. The standard InChI is InChI=1S/C24H31F3N6O3S2/c1-16(2)36-21-5-4-18(38(28,34)35)13-19(21)30-23-31-20(15-37-23)17-3-6-22(29-14-17)33-11-9-32(10-12-33)8-7-24(25,26)27/h3-5,13-16,22H,6-12H2,1-2H3,(H,30,31)(H2,28,34,35). The molecule has 0 aliphatic carbocycles. The number of hydrogen-bond acceptors (Lipinski definition) is 9. The van der Waals surface area contributed by atoms with Gasteiger partial charge in [0.15, 0.2) is 5.13 Å². The number of anilines is 2. The van der Waals surface area contributed by atoms with Crippen molar-refractivity contribution in [3.05, 3.63) is 35.3 Å². The van der Waals surface area contributed by atoms with Gasteiger partial charge in [-0.05, 0) is 32.0 Å². The second-order valence-corrected chi connectivity index (χ2v) is 11.8. The number of aromatic nitrogens is 1. The van der Waals surface area contributed by atoms with E-state index in [0.29, 0.717) is 49.2 Å². The molecule has 14 heteroatoms. The lowest BCUT2D eigenvalue weighted by Crippen LogP contribution is -2.50. The minimum atomic E-state index is -4.13. The highest BCUT2D eigenvalue weighted by Gasteiger charge is 2.30. The number of nitrogens with one attached hydrogen (secondary N) is 1. The fourth-order valence-corrected chi connectivity index (χ4v) is 5.49. The highest BCUT2D eigenvalue weighted by atomic mass is 32.2. The average molecular weight is 573 g/mol. The van der Waals surface area contributed by atoms with Gasteiger partial charge in [0.1, 0.15) is 11.9 Å². The third-order valence-electron chi connectivity index (χ3n) is 6.16. The van der Waals surface area contributed by atoms with Crippen molar-refractivity contribution >= 4 is 44.0 Å². The van der Waals surface area contributed by atoms with Crippen LogP contribution in [0.4, 0.5) is 24.0 Å². The topological polar surface area (TPSA) is 113 Å². The fourth-order valence-electron chi connectivity index (χ4n) is 4.22. The molecule has 1 fully saturated rings. The number of dihydropyridines is 1. The van der Waals surface area contributed by atoms with Gasteiger partial charge in [-0.15, -0.1) is 11.3 Å². The Hall–Kier alpha value is -2.52. The monoisotopic (exact) mass is 572 g/mol. The number of piperazine rings is 1. The molecule has 0 spiro atoms. The summed E-state index contributed by atoms with van der Waals surface area (Å²) in [6.45, 7) is 6.30. The van der Waals surface area contributed by atoms with Crippen molar-refractivity contribution in [2.75, 3.05) is 38.0 Å². The summed E-state index contributed by atoms with van der Waals surface area (Å²) >= 11 is 1.36. The number of alkyl halides is 3. The minimum Gasteiger partial charge on any atom is -0.489 e. The van der Waals surface area contributed by atoms with E-state index in [9.17, 15) is 21.6 Å². The van der Waals surface area contributed by atoms with Gasteiger partial charge in [-0.25, -0.2) is 18.5 Å². The molecular weight excluding hydrogens is 541 g/mol. The number of thiazole rings is 1. The molecule has 208 valence electrons. The molecule has 4 rings (SSSR count). The number of sulfonamides is 1. The summed E-state index contributed by atoms with van der Waals surface area (Å²) in [5, 5.41) is 10.9. The van der Waals surface area contributed by atoms with E-state index >= 15 is 0 Å². The summed E-state index contributed by atoms with van der Waals surface area (Å²) in [6.07, 6.45) is -0.569. The first-order chi connectivity index (χ1) is 17.9. The molecule has 1 atom stereocenters. The van der Waals surface area contributed by atoms with Gasteiger partial charge in [-0.3, -0.25) is 9.89 Å². The summed E-state index contributed by atoms with van der Waals surface area (Å²) in [6, 6.07) is 4.37. The first-order valence-electron chi connectivity index (χ1n) is 12.2. The van der Waals surface area contributed by atoms with E-state index in [2.05, 4.69) is 26.3 Å². The molecule has 0 bridgehead atoms. The van der Waals surface area contributed by atoms with E-state index in [0.717, 1.165) is 11.3 Å². The second kappa shape index (κ2) is 11.7. The molecule has 3 heterocycles. The van der Waals surface area contributed by atoms with Gasteiger partial charge in [0.2, 0.25) is 10.0 Å². The van der Waals surface area contributed by atoms with Crippen LogP contribution < -0.4 is 15.2 Å². The molecule has 1 unspecified atom stereocenters. The zero-order chi connectivity index (χ0) is 27.5. The normalized spacial score (nSPS) is 19.6. The van der Waals surface area contributed by atoms with Crippen molar-refractivity contribution in [1.29, 1.82) is 0 Å². The summed E-state index contributed by atoms with van der Waals surface area (Å²) in [5.41, 5.74) is 2.03. The molecule has 1 saturated heterocycles. The summed E-state index contributed by atoms with van der Waals surface area (Å²) in [4.78, 5) is 13.3. The zero-order valence-electron chi connectivity index (χ0n) is 21.1. The lowest BCUT2D eigenvalue weighted by molar-refractivity contribution is -0.138. The lowest BCUT2D eigenvalue weighted by atomic mass is 10.1. The number of primary sulfonamides is 1. The maximum Gasteiger partial charge on any atom is 0.390 e. The maximum absolute atomic E-state index is 12.5. The maximum atomic E-state index is 12.5. The number of aliphatic imine (C=N–C) groups is 1. The summed E-state index contributed by atoms with van der Waals surface area (Å²) in [5.74, 6) is 0.476. The molecule has 3 N–H and O–H groups in total. The molecule has 2 aromatic rings. The molecule has 38 heavy (non-hydrogen) atoms. The van der Waals surface area contributed by atoms with Gasteiger partial charge in [0.25, 0.3) is 0 Å². The fraction of sp³-hybridized carbons (Fsp3) is 0.500. The molecule has 0 amide bonds. The summed E-state index contributed by atoms with van der Waals surface area (Å²) in [7, 11) is -3.89. The second-order valence-electron chi connectivity index (χ2n) is 9.43. The highest BCUT2D eigenvalue weighted by Crippen LogP contribution is 2.33. The Morgan fingerprint density at radius 2 is 1.97 bits per heavy atom. The number of ether oxygens (including phenoxy) is 1. The van der Waals surface area contributed by atoms with Crippen LogP contribution in [0.2, 0.25) is 0 Å². The SMILES string of the molecule is CC(C)Oc1ccc(S(N)(=O)=O)cc1Nc1nc(C2=CCC(N3CCN(CCC(F)(F)F)CC3)N=C2)cs1. The quantitative estimate of drug-likeness (QED) is 0.466. The Morgan fingerprint density at radius 1 is 1.24 bits per heavy atom. The Balaban J connectivity index is 1.37. The molecule has 1 aromatic carbocycles. The van der Waals surface area contributed by atoms with E-state index < -0.39 is 22.6 Å². The van der Waals surface area contributed by atoms with Crippen molar-refractivity contribution < 1.29 is 26.3 Å². The van der Waals surface area contributed by atoms with Crippen LogP contribution in [0.1, 0.15) is 32.4 Å². The van der Waals surface area contributed by atoms with Crippen LogP contribution in [0.15, 0.2) is 39.5 Å². The Morgan fingerprint density at radius 3 is 2.58 bits per heavy atom. The van der Waals surface area contributed by atoms with Gasteiger partial charge in [0, 0.05) is 56.3 Å². The van der Waals surface area contributed by atoms with Crippen LogP contribution in [0.25, 0.3) is 5.57 Å². The molecule has 1 aromatic heterocycles. The number of halogens is 3. The number of benzene rings is 1. The van der Waals surface area contributed by atoms with Crippen molar-refractivity contribution in [2.24, 2.45) is 10.1 Å². The first kappa shape index (κ1) is 28.5. The van der Waals surface area contributed by atoms with E-state index in [1.807, 2.05) is 24.1 Å². The van der Waals surface area contributed by atoms with E-state index in [1.54, 1.807) is 12.3 Å². The van der Waals surface area contributed by atoms with E-state index in [-0.39, 0.29) is 23.7 Å². The van der Waals surface area contributed by atoms with E-state index in [4.69, 9.17) is 9.88 Å². The third-order valence-corrected chi connectivity index (χ3v) is 7.83. The summed E-state index contributed by atoms with van der Waals surface area (Å²) < 4.78 is 66.9. The van der Waals surface area contributed by atoms with Gasteiger partial charge >= 0.3 is 6.18 Å². The molecule has 2 aliphatic rings. The predicted molar refractivity (Wildman–Crippen MR) is 143 cm³/mol. The molecular formula is C24H31F3N6O3S2. The van der Waals surface area contributed by atoms with Crippen molar-refractivity contribution in [1.82, 2.24) is 14.8 Å². The molecule has 9 nitrogen and oxygen atoms in total. The Bertz CT molecular complexity index is 1290. The minimum absolute atomic E-state index is 0.0347. The molecule has 0 radical (unpaired) electrons. The van der Waals surface area contributed by atoms with Crippen LogP contribution >= 0.6 is 11.3 Å². The first-order valence-corrected chi connectivity index (χ1v) is 14.6. The number of rotatable bonds is 9. The van der Waals surface area contributed by atoms with Gasteiger partial charge < -0.3 is 15.0 Å². The van der Waals surface area contributed by atoms with Crippen molar-refractivity contribution in [3.8, 4) is 5.75 Å². The van der Waals surface area contributed by atoms with Crippen LogP contribution in [-0.2, 0) is 10.0 Å². The zero-order valence-corrected chi connectivity index (χ0v) is 22.7. The van der Waals surface area contributed by atoms with Crippen LogP contribution in [0, 0.1) is 0 Å².